The van der Waals surface area contributed by atoms with Crippen LogP contribution in [0.3, 0.4) is 0 Å². The molecule has 4 atom stereocenters. The van der Waals surface area contributed by atoms with Gasteiger partial charge in [-0.3, -0.25) is 0 Å². The molecule has 1 saturated heterocycles. The highest BCUT2D eigenvalue weighted by Gasteiger charge is 2.28. The van der Waals surface area contributed by atoms with E-state index in [1.165, 1.54) is 5.56 Å². The number of rotatable bonds is 2. The minimum absolute atomic E-state index is 0.114. The van der Waals surface area contributed by atoms with Gasteiger partial charge in [0, 0.05) is 12.1 Å². The first-order valence-corrected chi connectivity index (χ1v) is 6.63. The van der Waals surface area contributed by atoms with E-state index in [0.29, 0.717) is 18.0 Å². The first kappa shape index (κ1) is 13.4. The first-order chi connectivity index (χ1) is 8.61. The van der Waals surface area contributed by atoms with Gasteiger partial charge >= 0.3 is 0 Å². The minimum Gasteiger partial charge on any atom is -0.497 e. The lowest BCUT2D eigenvalue weighted by molar-refractivity contribution is 0.0329. The van der Waals surface area contributed by atoms with Crippen molar-refractivity contribution in [3.05, 3.63) is 29.8 Å². The zero-order chi connectivity index (χ0) is 13.1. The summed E-state index contributed by atoms with van der Waals surface area (Å²) in [6.07, 6.45) is 0.114. The van der Waals surface area contributed by atoms with Gasteiger partial charge in [0.15, 0.2) is 0 Å². The summed E-state index contributed by atoms with van der Waals surface area (Å²) in [5.74, 6) is 1.42. The van der Waals surface area contributed by atoms with Crippen molar-refractivity contribution < 1.29 is 9.47 Å². The Bertz CT molecular complexity index is 377. The Morgan fingerprint density at radius 3 is 2.39 bits per heavy atom. The summed E-state index contributed by atoms with van der Waals surface area (Å²) < 4.78 is 11.2. The summed E-state index contributed by atoms with van der Waals surface area (Å²) in [6.45, 7) is 7.43. The molecular weight excluding hydrogens is 226 g/mol. The van der Waals surface area contributed by atoms with Crippen LogP contribution in [0.25, 0.3) is 0 Å². The van der Waals surface area contributed by atoms with Crippen molar-refractivity contribution in [3.63, 3.8) is 0 Å². The van der Waals surface area contributed by atoms with Gasteiger partial charge in [-0.05, 0) is 37.5 Å². The van der Waals surface area contributed by atoms with Crippen molar-refractivity contribution in [3.8, 4) is 5.75 Å². The molecule has 2 rings (SSSR count). The first-order valence-electron chi connectivity index (χ1n) is 6.63. The topological polar surface area (TPSA) is 30.5 Å². The second-order valence-electron chi connectivity index (χ2n) is 5.25. The van der Waals surface area contributed by atoms with Crippen molar-refractivity contribution in [1.29, 1.82) is 0 Å². The predicted octanol–water partition coefficient (Wildman–Crippen LogP) is 2.77. The molecule has 0 amide bonds. The number of hydrogen-bond donors (Lipinski definition) is 1. The molecule has 3 nitrogen and oxygen atoms in total. The summed E-state index contributed by atoms with van der Waals surface area (Å²) in [5, 5.41) is 3.61. The monoisotopic (exact) mass is 249 g/mol. The molecule has 3 heteroatoms. The number of methoxy groups -OCH3 is 1. The maximum atomic E-state index is 6.05. The quantitative estimate of drug-likeness (QED) is 0.874. The molecule has 1 aromatic carbocycles. The Hall–Kier alpha value is -1.06. The summed E-state index contributed by atoms with van der Waals surface area (Å²) in [4.78, 5) is 0. The molecule has 0 spiro atoms. The van der Waals surface area contributed by atoms with Crippen molar-refractivity contribution in [2.45, 2.75) is 39.0 Å². The van der Waals surface area contributed by atoms with Crippen LogP contribution in [0, 0.1) is 5.92 Å². The van der Waals surface area contributed by atoms with E-state index in [4.69, 9.17) is 9.47 Å². The van der Waals surface area contributed by atoms with Gasteiger partial charge in [-0.15, -0.1) is 0 Å². The highest BCUT2D eigenvalue weighted by atomic mass is 16.5. The second-order valence-corrected chi connectivity index (χ2v) is 5.25. The fourth-order valence-electron chi connectivity index (χ4n) is 2.39. The van der Waals surface area contributed by atoms with Crippen molar-refractivity contribution in [2.24, 2.45) is 5.92 Å². The van der Waals surface area contributed by atoms with E-state index in [1.54, 1.807) is 7.11 Å². The lowest BCUT2D eigenvalue weighted by Gasteiger charge is -2.24. The van der Waals surface area contributed by atoms with E-state index in [1.807, 2.05) is 12.1 Å². The van der Waals surface area contributed by atoms with Crippen LogP contribution in [-0.2, 0) is 4.74 Å². The molecule has 1 aliphatic rings. The van der Waals surface area contributed by atoms with E-state index in [0.717, 1.165) is 12.4 Å². The Balaban J connectivity index is 2.15. The average Bonchev–Trinajstić information content (AvgIpc) is 2.50. The predicted molar refractivity (Wildman–Crippen MR) is 72.9 cm³/mol. The molecule has 100 valence electrons. The zero-order valence-corrected chi connectivity index (χ0v) is 11.6. The van der Waals surface area contributed by atoms with E-state index in [9.17, 15) is 0 Å². The Morgan fingerprint density at radius 2 is 1.78 bits per heavy atom. The van der Waals surface area contributed by atoms with Crippen molar-refractivity contribution in [1.82, 2.24) is 5.32 Å². The summed E-state index contributed by atoms with van der Waals surface area (Å²) >= 11 is 0. The second kappa shape index (κ2) is 5.72. The molecule has 0 bridgehead atoms. The molecule has 4 unspecified atom stereocenters. The lowest BCUT2D eigenvalue weighted by atomic mass is 10.0. The Morgan fingerprint density at radius 1 is 1.11 bits per heavy atom. The fourth-order valence-corrected chi connectivity index (χ4v) is 2.39. The standard InChI is InChI=1S/C15H23NO2/c1-10-9-18-15(12(3)16-11(10)2)13-5-7-14(17-4)8-6-13/h5-8,10-12,15-16H,9H2,1-4H3. The minimum atomic E-state index is 0.114. The smallest absolute Gasteiger partial charge is 0.118 e. The van der Waals surface area contributed by atoms with E-state index < -0.39 is 0 Å². The highest BCUT2D eigenvalue weighted by Crippen LogP contribution is 2.27. The maximum absolute atomic E-state index is 6.05. The average molecular weight is 249 g/mol. The van der Waals surface area contributed by atoms with Crippen molar-refractivity contribution >= 4 is 0 Å². The molecule has 1 fully saturated rings. The summed E-state index contributed by atoms with van der Waals surface area (Å²) in [6, 6.07) is 8.96. The van der Waals surface area contributed by atoms with E-state index >= 15 is 0 Å². The fraction of sp³-hybridized carbons (Fsp3) is 0.600. The Kier molecular flexibility index (Phi) is 4.25. The van der Waals surface area contributed by atoms with Crippen LogP contribution < -0.4 is 10.1 Å². The van der Waals surface area contributed by atoms with Gasteiger partial charge in [-0.25, -0.2) is 0 Å². The van der Waals surface area contributed by atoms with Gasteiger partial charge in [0.05, 0.1) is 19.8 Å². The zero-order valence-electron chi connectivity index (χ0n) is 11.6. The van der Waals surface area contributed by atoms with Crippen LogP contribution in [0.2, 0.25) is 0 Å². The third-order valence-corrected chi connectivity index (χ3v) is 3.82. The molecule has 0 aliphatic carbocycles. The van der Waals surface area contributed by atoms with E-state index in [-0.39, 0.29) is 6.10 Å². The van der Waals surface area contributed by atoms with Crippen LogP contribution in [0.5, 0.6) is 5.75 Å². The molecule has 1 aliphatic heterocycles. The molecule has 0 radical (unpaired) electrons. The van der Waals surface area contributed by atoms with Crippen molar-refractivity contribution in [2.75, 3.05) is 13.7 Å². The third kappa shape index (κ3) is 2.85. The largest absolute Gasteiger partial charge is 0.497 e. The normalized spacial score (nSPS) is 32.9. The van der Waals surface area contributed by atoms with Gasteiger partial charge in [0.25, 0.3) is 0 Å². The van der Waals surface area contributed by atoms with Crippen LogP contribution in [-0.4, -0.2) is 25.8 Å². The SMILES string of the molecule is COc1ccc(C2OCC(C)C(C)NC2C)cc1. The van der Waals surface area contributed by atoms with Crippen LogP contribution in [0.1, 0.15) is 32.4 Å². The van der Waals surface area contributed by atoms with Gasteiger partial charge in [-0.1, -0.05) is 19.1 Å². The lowest BCUT2D eigenvalue weighted by Crippen LogP contribution is -2.39. The molecule has 0 aromatic heterocycles. The Labute approximate surface area is 109 Å². The maximum Gasteiger partial charge on any atom is 0.118 e. The van der Waals surface area contributed by atoms with Gasteiger partial charge in [0.2, 0.25) is 0 Å². The van der Waals surface area contributed by atoms with Gasteiger partial charge in [0.1, 0.15) is 5.75 Å². The van der Waals surface area contributed by atoms with E-state index in [2.05, 4.69) is 38.2 Å². The molecule has 18 heavy (non-hydrogen) atoms. The van der Waals surface area contributed by atoms with Gasteiger partial charge < -0.3 is 14.8 Å². The van der Waals surface area contributed by atoms with Gasteiger partial charge in [-0.2, -0.15) is 0 Å². The molecule has 1 aromatic rings. The summed E-state index contributed by atoms with van der Waals surface area (Å²) in [7, 11) is 1.69. The highest BCUT2D eigenvalue weighted by molar-refractivity contribution is 5.29. The number of nitrogens with one attached hydrogen (secondary N) is 1. The van der Waals surface area contributed by atoms with Crippen LogP contribution in [0.15, 0.2) is 24.3 Å². The van der Waals surface area contributed by atoms with Crippen LogP contribution in [0.4, 0.5) is 0 Å². The molecular formula is C15H23NO2. The number of benzene rings is 1. The summed E-state index contributed by atoms with van der Waals surface area (Å²) in [5.41, 5.74) is 1.21. The number of ether oxygens (including phenoxy) is 2. The van der Waals surface area contributed by atoms with Crippen LogP contribution >= 0.6 is 0 Å². The molecule has 1 N–H and O–H groups in total. The number of hydrogen-bond acceptors (Lipinski definition) is 3. The molecule has 0 saturated carbocycles. The third-order valence-electron chi connectivity index (χ3n) is 3.82. The molecule has 1 heterocycles.